The average Bonchev–Trinajstić information content (AvgIpc) is 1.79. The first-order valence-corrected chi connectivity index (χ1v) is 4.04. The first-order valence-electron chi connectivity index (χ1n) is 4.04. The smallest absolute Gasteiger partial charge is 0.0169 e. The molecule has 1 aliphatic rings. The quantitative estimate of drug-likeness (QED) is 0.450. The van der Waals surface area contributed by atoms with Crippen LogP contribution in [-0.2, 0) is 0 Å². The molecule has 0 aromatic heterocycles. The molecule has 0 heterocycles. The maximum absolute atomic E-state index is 2.41. The molecule has 1 atom stereocenters. The molecule has 0 bridgehead atoms. The summed E-state index contributed by atoms with van der Waals surface area (Å²) in [6.07, 6.45) is 6.04. The molecule has 0 saturated carbocycles. The van der Waals surface area contributed by atoms with Crippen LogP contribution in [0, 0.1) is 17.8 Å². The zero-order valence-electron chi connectivity index (χ0n) is 7.44. The minimum Gasteiger partial charge on any atom is -0.0796 e. The molecular weight excluding hydrogens is 120 g/mol. The van der Waals surface area contributed by atoms with Gasteiger partial charge < -0.3 is 0 Å². The van der Waals surface area contributed by atoms with Crippen LogP contribution in [-0.4, -0.2) is 0 Å². The second kappa shape index (κ2) is 2.41. The number of allylic oxidation sites excluding steroid dienone is 2. The molecule has 10 heavy (non-hydrogen) atoms. The van der Waals surface area contributed by atoms with Gasteiger partial charge in [0, 0.05) is 0 Å². The van der Waals surface area contributed by atoms with Crippen molar-refractivity contribution >= 4 is 0 Å². The van der Waals surface area contributed by atoms with Crippen molar-refractivity contribution < 1.29 is 0 Å². The number of rotatable bonds is 0. The van der Waals surface area contributed by atoms with E-state index in [0.717, 1.165) is 0 Å². The highest BCUT2D eigenvalue weighted by Gasteiger charge is 2.22. The molecule has 0 fully saturated rings. The molecular formula is C10H17. The minimum atomic E-state index is 0.413. The average molecular weight is 137 g/mol. The molecule has 0 nitrogen and oxygen atoms in total. The molecule has 0 amide bonds. The molecule has 57 valence electrons. The van der Waals surface area contributed by atoms with Crippen molar-refractivity contribution in [2.75, 3.05) is 0 Å². The molecule has 1 unspecified atom stereocenters. The summed E-state index contributed by atoms with van der Waals surface area (Å²) in [5, 5.41) is 0. The fraction of sp³-hybridized carbons (Fsp3) is 0.700. The summed E-state index contributed by atoms with van der Waals surface area (Å²) < 4.78 is 0. The van der Waals surface area contributed by atoms with Gasteiger partial charge in [0.25, 0.3) is 0 Å². The van der Waals surface area contributed by atoms with E-state index in [0.29, 0.717) is 11.3 Å². The summed E-state index contributed by atoms with van der Waals surface area (Å²) in [6, 6.07) is 0. The molecule has 0 heteroatoms. The van der Waals surface area contributed by atoms with Crippen molar-refractivity contribution in [3.8, 4) is 0 Å². The Morgan fingerprint density at radius 3 is 2.50 bits per heavy atom. The normalized spacial score (nSPS) is 31.6. The van der Waals surface area contributed by atoms with E-state index in [1.165, 1.54) is 12.0 Å². The van der Waals surface area contributed by atoms with Crippen molar-refractivity contribution in [1.29, 1.82) is 0 Å². The van der Waals surface area contributed by atoms with E-state index in [-0.39, 0.29) is 0 Å². The van der Waals surface area contributed by atoms with Crippen molar-refractivity contribution in [1.82, 2.24) is 0 Å². The van der Waals surface area contributed by atoms with E-state index in [1.807, 2.05) is 0 Å². The topological polar surface area (TPSA) is 0 Å². The first kappa shape index (κ1) is 7.84. The summed E-state index contributed by atoms with van der Waals surface area (Å²) in [7, 11) is 0. The number of hydrogen-bond donors (Lipinski definition) is 0. The van der Waals surface area contributed by atoms with E-state index < -0.39 is 0 Å². The lowest BCUT2D eigenvalue weighted by Crippen LogP contribution is -2.17. The van der Waals surface area contributed by atoms with Gasteiger partial charge in [-0.1, -0.05) is 32.4 Å². The van der Waals surface area contributed by atoms with E-state index in [9.17, 15) is 0 Å². The zero-order chi connectivity index (χ0) is 7.78. The third-order valence-electron chi connectivity index (χ3n) is 2.33. The highest BCUT2D eigenvalue weighted by atomic mass is 14.3. The van der Waals surface area contributed by atoms with Gasteiger partial charge in [-0.3, -0.25) is 0 Å². The highest BCUT2D eigenvalue weighted by molar-refractivity contribution is 5.17. The van der Waals surface area contributed by atoms with Gasteiger partial charge >= 0.3 is 0 Å². The van der Waals surface area contributed by atoms with Crippen LogP contribution in [0.15, 0.2) is 11.6 Å². The molecule has 0 aromatic carbocycles. The van der Waals surface area contributed by atoms with Gasteiger partial charge in [-0.25, -0.2) is 0 Å². The lowest BCUT2D eigenvalue weighted by Gasteiger charge is -2.29. The van der Waals surface area contributed by atoms with E-state index >= 15 is 0 Å². The Labute approximate surface area is 64.3 Å². The summed E-state index contributed by atoms with van der Waals surface area (Å²) in [5.74, 6) is 0.702. The highest BCUT2D eigenvalue weighted by Crippen LogP contribution is 2.35. The van der Waals surface area contributed by atoms with Gasteiger partial charge in [-0.2, -0.15) is 0 Å². The monoisotopic (exact) mass is 137 g/mol. The largest absolute Gasteiger partial charge is 0.0796 e. The van der Waals surface area contributed by atoms with Crippen LogP contribution >= 0.6 is 0 Å². The Balaban J connectivity index is 2.76. The fourth-order valence-electron chi connectivity index (χ4n) is 1.47. The van der Waals surface area contributed by atoms with Crippen LogP contribution in [0.2, 0.25) is 0 Å². The second-order valence-electron chi connectivity index (χ2n) is 4.11. The van der Waals surface area contributed by atoms with E-state index in [2.05, 4.69) is 40.2 Å². The minimum absolute atomic E-state index is 0.413. The standard InChI is InChI=1S/C10H17/c1-8-5-6-10(3,4)7-9(8)2/h5,7-8H,6H2,1-4H3. The van der Waals surface area contributed by atoms with Gasteiger partial charge in [-0.05, 0) is 31.1 Å². The molecule has 1 radical (unpaired) electrons. The summed E-state index contributed by atoms with van der Waals surface area (Å²) in [5.41, 5.74) is 1.94. The van der Waals surface area contributed by atoms with Crippen molar-refractivity contribution in [2.45, 2.75) is 34.1 Å². The molecule has 0 spiro atoms. The van der Waals surface area contributed by atoms with E-state index in [4.69, 9.17) is 0 Å². The van der Waals surface area contributed by atoms with Crippen LogP contribution < -0.4 is 0 Å². The van der Waals surface area contributed by atoms with Crippen LogP contribution in [0.5, 0.6) is 0 Å². The molecule has 0 saturated heterocycles. The molecule has 0 aromatic rings. The fourth-order valence-corrected chi connectivity index (χ4v) is 1.47. The van der Waals surface area contributed by atoms with Crippen LogP contribution in [0.3, 0.4) is 0 Å². The van der Waals surface area contributed by atoms with Crippen molar-refractivity contribution in [3.05, 3.63) is 18.1 Å². The Bertz CT molecular complexity index is 151. The summed E-state index contributed by atoms with van der Waals surface area (Å²) >= 11 is 0. The van der Waals surface area contributed by atoms with Crippen LogP contribution in [0.1, 0.15) is 34.1 Å². The lowest BCUT2D eigenvalue weighted by atomic mass is 9.76. The summed E-state index contributed by atoms with van der Waals surface area (Å²) in [4.78, 5) is 0. The predicted octanol–water partition coefficient (Wildman–Crippen LogP) is 3.20. The SMILES string of the molecule is CC1=CC(C)(C)C[CH]C1C. The third kappa shape index (κ3) is 1.62. The van der Waals surface area contributed by atoms with E-state index in [1.54, 1.807) is 0 Å². The van der Waals surface area contributed by atoms with Gasteiger partial charge in [-0.15, -0.1) is 0 Å². The first-order chi connectivity index (χ1) is 4.51. The molecule has 1 rings (SSSR count). The maximum atomic E-state index is 2.41. The van der Waals surface area contributed by atoms with Crippen LogP contribution in [0.4, 0.5) is 0 Å². The van der Waals surface area contributed by atoms with Gasteiger partial charge in [0.15, 0.2) is 0 Å². The van der Waals surface area contributed by atoms with Crippen molar-refractivity contribution in [3.63, 3.8) is 0 Å². The molecule has 1 aliphatic carbocycles. The Kier molecular flexibility index (Phi) is 1.89. The lowest BCUT2D eigenvalue weighted by molar-refractivity contribution is 0.422. The van der Waals surface area contributed by atoms with Crippen molar-refractivity contribution in [2.24, 2.45) is 11.3 Å². The van der Waals surface area contributed by atoms with Crippen LogP contribution in [0.25, 0.3) is 0 Å². The second-order valence-corrected chi connectivity index (χ2v) is 4.11. The predicted molar refractivity (Wildman–Crippen MR) is 45.6 cm³/mol. The van der Waals surface area contributed by atoms with Gasteiger partial charge in [0.1, 0.15) is 0 Å². The Morgan fingerprint density at radius 2 is 2.10 bits per heavy atom. The Morgan fingerprint density at radius 1 is 1.50 bits per heavy atom. The van der Waals surface area contributed by atoms with Gasteiger partial charge in [0.2, 0.25) is 0 Å². The summed E-state index contributed by atoms with van der Waals surface area (Å²) in [6.45, 7) is 9.07. The molecule has 0 N–H and O–H groups in total. The molecule has 0 aliphatic heterocycles. The van der Waals surface area contributed by atoms with Gasteiger partial charge in [0.05, 0.1) is 0 Å². The zero-order valence-corrected chi connectivity index (χ0v) is 7.44. The Hall–Kier alpha value is -0.260. The third-order valence-corrected chi connectivity index (χ3v) is 2.33. The maximum Gasteiger partial charge on any atom is -0.0169 e. The number of hydrogen-bond acceptors (Lipinski definition) is 0.